The third kappa shape index (κ3) is 3.55. The SMILES string of the molecule is CCNC(Cc1cnccc1N)c1cccc(C)c1. The van der Waals surface area contributed by atoms with Gasteiger partial charge in [0.1, 0.15) is 0 Å². The van der Waals surface area contributed by atoms with Gasteiger partial charge in [-0.2, -0.15) is 0 Å². The highest BCUT2D eigenvalue weighted by Crippen LogP contribution is 2.22. The van der Waals surface area contributed by atoms with Gasteiger partial charge in [0.2, 0.25) is 0 Å². The van der Waals surface area contributed by atoms with E-state index in [0.29, 0.717) is 0 Å². The van der Waals surface area contributed by atoms with Crippen LogP contribution in [0.3, 0.4) is 0 Å². The molecule has 19 heavy (non-hydrogen) atoms. The minimum Gasteiger partial charge on any atom is -0.398 e. The molecule has 100 valence electrons. The van der Waals surface area contributed by atoms with E-state index >= 15 is 0 Å². The van der Waals surface area contributed by atoms with Gasteiger partial charge in [-0.3, -0.25) is 4.98 Å². The third-order valence-electron chi connectivity index (χ3n) is 3.26. The summed E-state index contributed by atoms with van der Waals surface area (Å²) in [7, 11) is 0. The second-order valence-electron chi connectivity index (χ2n) is 4.80. The first-order chi connectivity index (χ1) is 9.20. The van der Waals surface area contributed by atoms with Gasteiger partial charge in [0.05, 0.1) is 0 Å². The summed E-state index contributed by atoms with van der Waals surface area (Å²) in [5, 5.41) is 3.52. The number of nitrogens with one attached hydrogen (secondary N) is 1. The van der Waals surface area contributed by atoms with E-state index < -0.39 is 0 Å². The lowest BCUT2D eigenvalue weighted by Crippen LogP contribution is -2.23. The lowest BCUT2D eigenvalue weighted by atomic mass is 9.97. The van der Waals surface area contributed by atoms with Gasteiger partial charge in [0.25, 0.3) is 0 Å². The molecular formula is C16H21N3. The van der Waals surface area contributed by atoms with Crippen molar-refractivity contribution in [3.63, 3.8) is 0 Å². The molecule has 2 aromatic rings. The summed E-state index contributed by atoms with van der Waals surface area (Å²) in [4.78, 5) is 4.16. The lowest BCUT2D eigenvalue weighted by Gasteiger charge is -2.19. The predicted octanol–water partition coefficient (Wildman–Crippen LogP) is 2.87. The van der Waals surface area contributed by atoms with Crippen molar-refractivity contribution in [1.29, 1.82) is 0 Å². The van der Waals surface area contributed by atoms with Crippen LogP contribution in [0.1, 0.15) is 29.7 Å². The second kappa shape index (κ2) is 6.34. The van der Waals surface area contributed by atoms with Crippen LogP contribution in [-0.2, 0) is 6.42 Å². The zero-order chi connectivity index (χ0) is 13.7. The van der Waals surface area contributed by atoms with Crippen LogP contribution in [0, 0.1) is 6.92 Å². The summed E-state index contributed by atoms with van der Waals surface area (Å²) in [5.74, 6) is 0. The van der Waals surface area contributed by atoms with Crippen molar-refractivity contribution in [3.05, 3.63) is 59.4 Å². The maximum Gasteiger partial charge on any atom is 0.0378 e. The van der Waals surface area contributed by atoms with Crippen LogP contribution in [0.2, 0.25) is 0 Å². The molecule has 1 unspecified atom stereocenters. The molecule has 0 aliphatic heterocycles. The number of hydrogen-bond acceptors (Lipinski definition) is 3. The van der Waals surface area contributed by atoms with Crippen molar-refractivity contribution in [1.82, 2.24) is 10.3 Å². The monoisotopic (exact) mass is 255 g/mol. The van der Waals surface area contributed by atoms with Gasteiger partial charge < -0.3 is 11.1 Å². The molecule has 0 radical (unpaired) electrons. The minimum atomic E-state index is 0.274. The Morgan fingerprint density at radius 3 is 2.84 bits per heavy atom. The molecular weight excluding hydrogens is 234 g/mol. The standard InChI is InChI=1S/C16H21N3/c1-3-19-16(13-6-4-5-12(2)9-13)10-14-11-18-8-7-15(14)17/h4-9,11,16,19H,3,10H2,1-2H3,(H2,17,18). The van der Waals surface area contributed by atoms with Crippen LogP contribution in [0.5, 0.6) is 0 Å². The van der Waals surface area contributed by atoms with Crippen molar-refractivity contribution >= 4 is 5.69 Å². The van der Waals surface area contributed by atoms with Crippen LogP contribution in [0.4, 0.5) is 5.69 Å². The Morgan fingerprint density at radius 2 is 2.16 bits per heavy atom. The smallest absolute Gasteiger partial charge is 0.0378 e. The number of aromatic nitrogens is 1. The van der Waals surface area contributed by atoms with E-state index in [-0.39, 0.29) is 6.04 Å². The Labute approximate surface area is 114 Å². The molecule has 1 atom stereocenters. The Morgan fingerprint density at radius 1 is 1.32 bits per heavy atom. The maximum absolute atomic E-state index is 6.01. The molecule has 0 spiro atoms. The number of benzene rings is 1. The topological polar surface area (TPSA) is 50.9 Å². The highest BCUT2D eigenvalue weighted by atomic mass is 14.9. The number of likely N-dealkylation sites (N-methyl/N-ethyl adjacent to an activating group) is 1. The van der Waals surface area contributed by atoms with Gasteiger partial charge in [-0.05, 0) is 37.1 Å². The quantitative estimate of drug-likeness (QED) is 0.863. The van der Waals surface area contributed by atoms with E-state index in [0.717, 1.165) is 24.2 Å². The molecule has 0 saturated heterocycles. The molecule has 0 bridgehead atoms. The fourth-order valence-corrected chi connectivity index (χ4v) is 2.27. The van der Waals surface area contributed by atoms with Crippen LogP contribution >= 0.6 is 0 Å². The van der Waals surface area contributed by atoms with Crippen molar-refractivity contribution in [2.24, 2.45) is 0 Å². The van der Waals surface area contributed by atoms with Crippen LogP contribution in [0.15, 0.2) is 42.7 Å². The van der Waals surface area contributed by atoms with Crippen molar-refractivity contribution in [2.45, 2.75) is 26.3 Å². The number of rotatable bonds is 5. The zero-order valence-corrected chi connectivity index (χ0v) is 11.6. The van der Waals surface area contributed by atoms with Crippen molar-refractivity contribution in [2.75, 3.05) is 12.3 Å². The highest BCUT2D eigenvalue weighted by Gasteiger charge is 2.12. The molecule has 0 aliphatic carbocycles. The largest absolute Gasteiger partial charge is 0.398 e. The summed E-state index contributed by atoms with van der Waals surface area (Å²) in [6.45, 7) is 5.17. The van der Waals surface area contributed by atoms with Gasteiger partial charge in [0.15, 0.2) is 0 Å². The van der Waals surface area contributed by atoms with Gasteiger partial charge in [-0.1, -0.05) is 36.8 Å². The number of nitrogens with zero attached hydrogens (tertiary/aromatic N) is 1. The molecule has 1 aromatic heterocycles. The highest BCUT2D eigenvalue weighted by molar-refractivity contribution is 5.45. The molecule has 1 heterocycles. The normalized spacial score (nSPS) is 12.3. The van der Waals surface area contributed by atoms with Crippen LogP contribution < -0.4 is 11.1 Å². The molecule has 3 heteroatoms. The second-order valence-corrected chi connectivity index (χ2v) is 4.80. The van der Waals surface area contributed by atoms with E-state index in [9.17, 15) is 0 Å². The first kappa shape index (κ1) is 13.6. The molecule has 0 saturated carbocycles. The van der Waals surface area contributed by atoms with Crippen LogP contribution in [-0.4, -0.2) is 11.5 Å². The number of hydrogen-bond donors (Lipinski definition) is 2. The first-order valence-electron chi connectivity index (χ1n) is 6.69. The Hall–Kier alpha value is -1.87. The minimum absolute atomic E-state index is 0.274. The summed E-state index contributed by atoms with van der Waals surface area (Å²) < 4.78 is 0. The number of nitrogens with two attached hydrogens (primary N) is 1. The molecule has 2 rings (SSSR count). The number of pyridine rings is 1. The summed E-state index contributed by atoms with van der Waals surface area (Å²) in [5.41, 5.74) is 10.5. The van der Waals surface area contributed by atoms with Gasteiger partial charge in [0, 0.05) is 24.1 Å². The van der Waals surface area contributed by atoms with Gasteiger partial charge in [-0.15, -0.1) is 0 Å². The van der Waals surface area contributed by atoms with E-state index in [1.165, 1.54) is 11.1 Å². The maximum atomic E-state index is 6.01. The molecule has 0 amide bonds. The Balaban J connectivity index is 2.24. The van der Waals surface area contributed by atoms with E-state index in [1.54, 1.807) is 6.20 Å². The van der Waals surface area contributed by atoms with E-state index in [1.807, 2.05) is 12.3 Å². The molecule has 0 aliphatic rings. The molecule has 0 fully saturated rings. The molecule has 3 nitrogen and oxygen atoms in total. The average molecular weight is 255 g/mol. The number of aryl methyl sites for hydroxylation is 1. The summed E-state index contributed by atoms with van der Waals surface area (Å²) >= 11 is 0. The van der Waals surface area contributed by atoms with Gasteiger partial charge >= 0.3 is 0 Å². The van der Waals surface area contributed by atoms with E-state index in [4.69, 9.17) is 5.73 Å². The number of nitrogen functional groups attached to an aromatic ring is 1. The fraction of sp³-hybridized carbons (Fsp3) is 0.312. The summed E-state index contributed by atoms with van der Waals surface area (Å²) in [6.07, 6.45) is 4.44. The Bertz CT molecular complexity index is 537. The molecule has 3 N–H and O–H groups in total. The van der Waals surface area contributed by atoms with Crippen molar-refractivity contribution in [3.8, 4) is 0 Å². The zero-order valence-electron chi connectivity index (χ0n) is 11.6. The molecule has 1 aromatic carbocycles. The number of anilines is 1. The fourth-order valence-electron chi connectivity index (χ4n) is 2.27. The van der Waals surface area contributed by atoms with Crippen LogP contribution in [0.25, 0.3) is 0 Å². The van der Waals surface area contributed by atoms with Crippen molar-refractivity contribution < 1.29 is 0 Å². The average Bonchev–Trinajstić information content (AvgIpc) is 2.40. The predicted molar refractivity (Wildman–Crippen MR) is 80.0 cm³/mol. The van der Waals surface area contributed by atoms with Gasteiger partial charge in [-0.25, -0.2) is 0 Å². The van der Waals surface area contributed by atoms with E-state index in [2.05, 4.69) is 48.4 Å². The summed E-state index contributed by atoms with van der Waals surface area (Å²) in [6, 6.07) is 10.7. The first-order valence-corrected chi connectivity index (χ1v) is 6.69. The lowest BCUT2D eigenvalue weighted by molar-refractivity contribution is 0.549. The third-order valence-corrected chi connectivity index (χ3v) is 3.26. The Kier molecular flexibility index (Phi) is 4.53.